The summed E-state index contributed by atoms with van der Waals surface area (Å²) in [4.78, 5) is 25.3. The zero-order chi connectivity index (χ0) is 20.7. The molecule has 2 rings (SSSR count). The summed E-state index contributed by atoms with van der Waals surface area (Å²) in [6.45, 7) is 4.68. The Labute approximate surface area is 162 Å². The largest absolute Gasteiger partial charge is 0.494 e. The lowest BCUT2D eigenvalue weighted by atomic mass is 10.1. The van der Waals surface area contributed by atoms with Crippen LogP contribution in [0.1, 0.15) is 29.8 Å². The first kappa shape index (κ1) is 21.3. The highest BCUT2D eigenvalue weighted by atomic mass is 19.1. The summed E-state index contributed by atoms with van der Waals surface area (Å²) in [5.74, 6) is -1.68. The lowest BCUT2D eigenvalue weighted by Gasteiger charge is -2.24. The zero-order valence-corrected chi connectivity index (χ0v) is 16.0. The van der Waals surface area contributed by atoms with Crippen LogP contribution >= 0.6 is 0 Å². The maximum Gasteiger partial charge on any atom is 0.296 e. The predicted molar refractivity (Wildman–Crippen MR) is 99.6 cm³/mol. The van der Waals surface area contributed by atoms with Gasteiger partial charge in [-0.15, -0.1) is 0 Å². The SMILES string of the molecule is CC[NH+](Cc1ccc(OC)c(F)c1)[C@@H](C)C(=O)NNC(=O)c1ccc(F)cc1. The Hall–Kier alpha value is -3.00. The topological polar surface area (TPSA) is 71.9 Å². The van der Waals surface area contributed by atoms with E-state index in [-0.39, 0.29) is 17.2 Å². The molecular formula is C20H24F2N3O3+. The van der Waals surface area contributed by atoms with Gasteiger partial charge >= 0.3 is 0 Å². The molecule has 0 aliphatic heterocycles. The van der Waals surface area contributed by atoms with Crippen molar-refractivity contribution in [1.29, 1.82) is 0 Å². The average molecular weight is 392 g/mol. The van der Waals surface area contributed by atoms with Crippen molar-refractivity contribution in [3.8, 4) is 5.75 Å². The van der Waals surface area contributed by atoms with E-state index in [1.54, 1.807) is 19.1 Å². The summed E-state index contributed by atoms with van der Waals surface area (Å²) in [5.41, 5.74) is 5.65. The molecule has 1 unspecified atom stereocenters. The van der Waals surface area contributed by atoms with Crippen molar-refractivity contribution in [2.24, 2.45) is 0 Å². The van der Waals surface area contributed by atoms with Gasteiger partial charge in [0.1, 0.15) is 12.4 Å². The number of likely N-dealkylation sites (N-methyl/N-ethyl adjacent to an activating group) is 1. The van der Waals surface area contributed by atoms with Gasteiger partial charge in [-0.1, -0.05) is 0 Å². The minimum Gasteiger partial charge on any atom is -0.494 e. The maximum absolute atomic E-state index is 13.9. The summed E-state index contributed by atoms with van der Waals surface area (Å²) >= 11 is 0. The summed E-state index contributed by atoms with van der Waals surface area (Å²) < 4.78 is 31.7. The van der Waals surface area contributed by atoms with Gasteiger partial charge in [0.2, 0.25) is 0 Å². The van der Waals surface area contributed by atoms with Gasteiger partial charge in [0.15, 0.2) is 17.6 Å². The van der Waals surface area contributed by atoms with Gasteiger partial charge in [0.05, 0.1) is 13.7 Å². The van der Waals surface area contributed by atoms with E-state index < -0.39 is 23.6 Å². The molecule has 0 aliphatic carbocycles. The van der Waals surface area contributed by atoms with Gasteiger partial charge in [-0.2, -0.15) is 0 Å². The van der Waals surface area contributed by atoms with E-state index in [1.807, 2.05) is 6.92 Å². The fourth-order valence-corrected chi connectivity index (χ4v) is 2.75. The highest BCUT2D eigenvalue weighted by Gasteiger charge is 2.25. The number of quaternary nitrogens is 1. The number of carbonyl (C=O) groups excluding carboxylic acids is 2. The number of ether oxygens (including phenoxy) is 1. The Balaban J connectivity index is 1.94. The van der Waals surface area contributed by atoms with Gasteiger partial charge in [0, 0.05) is 11.1 Å². The quantitative estimate of drug-likeness (QED) is 0.621. The molecule has 28 heavy (non-hydrogen) atoms. The molecule has 2 atom stereocenters. The van der Waals surface area contributed by atoms with Crippen molar-refractivity contribution in [2.45, 2.75) is 26.4 Å². The predicted octanol–water partition coefficient (Wildman–Crippen LogP) is 1.23. The monoisotopic (exact) mass is 392 g/mol. The van der Waals surface area contributed by atoms with Gasteiger partial charge in [-0.05, 0) is 56.3 Å². The van der Waals surface area contributed by atoms with Crippen LogP contribution in [0.3, 0.4) is 0 Å². The van der Waals surface area contributed by atoms with E-state index in [2.05, 4.69) is 10.9 Å². The summed E-state index contributed by atoms with van der Waals surface area (Å²) in [7, 11) is 1.40. The van der Waals surface area contributed by atoms with Crippen LogP contribution in [0.4, 0.5) is 8.78 Å². The minimum absolute atomic E-state index is 0.163. The molecule has 0 aromatic heterocycles. The Kier molecular flexibility index (Phi) is 7.45. The van der Waals surface area contributed by atoms with Crippen LogP contribution < -0.4 is 20.5 Å². The number of hydrogen-bond acceptors (Lipinski definition) is 3. The highest BCUT2D eigenvalue weighted by molar-refractivity contribution is 5.95. The van der Waals surface area contributed by atoms with E-state index in [0.717, 1.165) is 22.6 Å². The molecule has 3 N–H and O–H groups in total. The minimum atomic E-state index is -0.546. The molecule has 2 aromatic carbocycles. The second-order valence-electron chi connectivity index (χ2n) is 6.33. The highest BCUT2D eigenvalue weighted by Crippen LogP contribution is 2.17. The molecule has 0 saturated heterocycles. The second kappa shape index (κ2) is 9.80. The van der Waals surface area contributed by atoms with Crippen molar-refractivity contribution in [3.05, 3.63) is 65.2 Å². The smallest absolute Gasteiger partial charge is 0.296 e. The number of benzene rings is 2. The third-order valence-corrected chi connectivity index (χ3v) is 4.51. The zero-order valence-electron chi connectivity index (χ0n) is 16.0. The number of hydrazine groups is 1. The molecule has 0 fully saturated rings. The van der Waals surface area contributed by atoms with Crippen LogP contribution in [0, 0.1) is 11.6 Å². The molecule has 0 bridgehead atoms. The van der Waals surface area contributed by atoms with Crippen LogP contribution in [0.15, 0.2) is 42.5 Å². The summed E-state index contributed by atoms with van der Waals surface area (Å²) in [5, 5.41) is 0. The Morgan fingerprint density at radius 2 is 1.79 bits per heavy atom. The van der Waals surface area contributed by atoms with Gasteiger partial charge < -0.3 is 9.64 Å². The fraction of sp³-hybridized carbons (Fsp3) is 0.300. The molecule has 6 nitrogen and oxygen atoms in total. The number of methoxy groups -OCH3 is 1. The van der Waals surface area contributed by atoms with Crippen molar-refractivity contribution in [2.75, 3.05) is 13.7 Å². The number of amides is 2. The third-order valence-electron chi connectivity index (χ3n) is 4.51. The molecule has 8 heteroatoms. The standard InChI is InChI=1S/C20H23F2N3O3/c1-4-25(12-14-5-10-18(28-3)17(22)11-14)13(2)19(26)23-24-20(27)15-6-8-16(21)9-7-15/h5-11,13H,4,12H2,1-3H3,(H,23,26)(H,24,27)/p+1/t13-/m0/s1. The number of carbonyl (C=O) groups is 2. The van der Waals surface area contributed by atoms with Crippen LogP contribution in [-0.4, -0.2) is 31.5 Å². The van der Waals surface area contributed by atoms with Crippen molar-refractivity contribution < 1.29 is 28.0 Å². The van der Waals surface area contributed by atoms with Crippen molar-refractivity contribution >= 4 is 11.8 Å². The maximum atomic E-state index is 13.9. The summed E-state index contributed by atoms with van der Waals surface area (Å²) in [6.07, 6.45) is 0. The molecule has 150 valence electrons. The lowest BCUT2D eigenvalue weighted by Crippen LogP contribution is -3.15. The molecule has 0 saturated carbocycles. The number of halogens is 2. The van der Waals surface area contributed by atoms with Crippen LogP contribution in [0.2, 0.25) is 0 Å². The Morgan fingerprint density at radius 3 is 2.36 bits per heavy atom. The Bertz CT molecular complexity index is 828. The average Bonchev–Trinajstić information content (AvgIpc) is 2.70. The molecule has 0 spiro atoms. The first-order chi connectivity index (χ1) is 13.3. The van der Waals surface area contributed by atoms with E-state index in [9.17, 15) is 18.4 Å². The van der Waals surface area contributed by atoms with Gasteiger partial charge in [0.25, 0.3) is 11.8 Å². The molecule has 2 aromatic rings. The molecule has 0 radical (unpaired) electrons. The van der Waals surface area contributed by atoms with Gasteiger partial charge in [-0.3, -0.25) is 20.4 Å². The summed E-state index contributed by atoms with van der Waals surface area (Å²) in [6, 6.07) is 9.15. The fourth-order valence-electron chi connectivity index (χ4n) is 2.75. The van der Waals surface area contributed by atoms with Crippen LogP contribution in [0.5, 0.6) is 5.75 Å². The molecular weight excluding hydrogens is 368 g/mol. The second-order valence-corrected chi connectivity index (χ2v) is 6.33. The van der Waals surface area contributed by atoms with E-state index in [4.69, 9.17) is 4.74 Å². The van der Waals surface area contributed by atoms with E-state index in [1.165, 1.54) is 25.3 Å². The molecule has 0 aliphatic rings. The number of hydrogen-bond donors (Lipinski definition) is 3. The first-order valence-corrected chi connectivity index (χ1v) is 8.88. The van der Waals surface area contributed by atoms with Crippen molar-refractivity contribution in [1.82, 2.24) is 10.9 Å². The van der Waals surface area contributed by atoms with E-state index in [0.29, 0.717) is 13.1 Å². The number of nitrogens with one attached hydrogen (secondary N) is 3. The van der Waals surface area contributed by atoms with Crippen molar-refractivity contribution in [3.63, 3.8) is 0 Å². The first-order valence-electron chi connectivity index (χ1n) is 8.88. The van der Waals surface area contributed by atoms with Crippen LogP contribution in [-0.2, 0) is 11.3 Å². The Morgan fingerprint density at radius 1 is 1.11 bits per heavy atom. The van der Waals surface area contributed by atoms with Crippen LogP contribution in [0.25, 0.3) is 0 Å². The van der Waals surface area contributed by atoms with Gasteiger partial charge in [-0.25, -0.2) is 8.78 Å². The lowest BCUT2D eigenvalue weighted by molar-refractivity contribution is -0.926. The third kappa shape index (κ3) is 5.50. The molecule has 0 heterocycles. The van der Waals surface area contributed by atoms with E-state index >= 15 is 0 Å². The normalized spacial score (nSPS) is 12.8. The molecule has 2 amide bonds. The number of rotatable bonds is 7.